The Kier molecular flexibility index (Phi) is 3.16. The van der Waals surface area contributed by atoms with Crippen LogP contribution < -0.4 is 5.32 Å². The molecule has 0 aromatic carbocycles. The monoisotopic (exact) mass is 195 g/mol. The summed E-state index contributed by atoms with van der Waals surface area (Å²) in [4.78, 5) is 0. The minimum Gasteiger partial charge on any atom is -0.311 e. The zero-order valence-corrected chi connectivity index (χ0v) is 9.81. The summed E-state index contributed by atoms with van der Waals surface area (Å²) in [6.45, 7) is 6.09. The van der Waals surface area contributed by atoms with Gasteiger partial charge in [-0.25, -0.2) is 0 Å². The second kappa shape index (κ2) is 4.22. The molecule has 0 bridgehead atoms. The Morgan fingerprint density at radius 3 is 2.21 bits per heavy atom. The van der Waals surface area contributed by atoms with Crippen LogP contribution in [-0.4, -0.2) is 12.1 Å². The van der Waals surface area contributed by atoms with Gasteiger partial charge in [-0.05, 0) is 44.6 Å². The second-order valence-corrected chi connectivity index (χ2v) is 5.83. The number of rotatable bonds is 3. The molecule has 0 amide bonds. The first-order valence-corrected chi connectivity index (χ1v) is 6.45. The van der Waals surface area contributed by atoms with Gasteiger partial charge in [0.25, 0.3) is 0 Å². The number of nitrogens with one attached hydrogen (secondary N) is 1. The Balaban J connectivity index is 1.75. The first kappa shape index (κ1) is 10.5. The van der Waals surface area contributed by atoms with Crippen LogP contribution in [0.1, 0.15) is 58.8 Å². The fourth-order valence-electron chi connectivity index (χ4n) is 2.75. The van der Waals surface area contributed by atoms with Crippen molar-refractivity contribution in [2.75, 3.05) is 6.54 Å². The summed E-state index contributed by atoms with van der Waals surface area (Å²) in [5.74, 6) is 1.99. The molecule has 14 heavy (non-hydrogen) atoms. The molecule has 0 aromatic heterocycles. The molecule has 0 saturated heterocycles. The SMILES string of the molecule is CC1CC1CNC1(C)CCCCCC1. The van der Waals surface area contributed by atoms with E-state index >= 15 is 0 Å². The maximum absolute atomic E-state index is 3.83. The van der Waals surface area contributed by atoms with Gasteiger partial charge in [-0.15, -0.1) is 0 Å². The van der Waals surface area contributed by atoms with Crippen LogP contribution in [0.5, 0.6) is 0 Å². The molecule has 2 aliphatic carbocycles. The molecule has 0 aromatic rings. The third-order valence-corrected chi connectivity index (χ3v) is 4.27. The third kappa shape index (κ3) is 2.73. The van der Waals surface area contributed by atoms with Gasteiger partial charge >= 0.3 is 0 Å². The highest BCUT2D eigenvalue weighted by atomic mass is 15.0. The van der Waals surface area contributed by atoms with Crippen molar-refractivity contribution in [2.24, 2.45) is 11.8 Å². The molecule has 0 radical (unpaired) electrons. The van der Waals surface area contributed by atoms with Gasteiger partial charge in [0, 0.05) is 5.54 Å². The van der Waals surface area contributed by atoms with Crippen LogP contribution in [0.2, 0.25) is 0 Å². The van der Waals surface area contributed by atoms with E-state index in [1.165, 1.54) is 51.5 Å². The van der Waals surface area contributed by atoms with Crippen molar-refractivity contribution in [3.63, 3.8) is 0 Å². The summed E-state index contributed by atoms with van der Waals surface area (Å²) < 4.78 is 0. The van der Waals surface area contributed by atoms with E-state index in [0.717, 1.165) is 11.8 Å². The van der Waals surface area contributed by atoms with Crippen molar-refractivity contribution in [1.82, 2.24) is 5.32 Å². The van der Waals surface area contributed by atoms with Crippen molar-refractivity contribution in [3.8, 4) is 0 Å². The van der Waals surface area contributed by atoms with E-state index in [1.807, 2.05) is 0 Å². The minimum absolute atomic E-state index is 0.471. The van der Waals surface area contributed by atoms with E-state index in [2.05, 4.69) is 19.2 Å². The van der Waals surface area contributed by atoms with Gasteiger partial charge in [-0.1, -0.05) is 32.6 Å². The van der Waals surface area contributed by atoms with Crippen molar-refractivity contribution in [3.05, 3.63) is 0 Å². The summed E-state index contributed by atoms with van der Waals surface area (Å²) in [6.07, 6.45) is 10.0. The molecule has 2 unspecified atom stereocenters. The molecule has 1 N–H and O–H groups in total. The van der Waals surface area contributed by atoms with E-state index in [1.54, 1.807) is 0 Å². The highest BCUT2D eigenvalue weighted by Crippen LogP contribution is 2.38. The van der Waals surface area contributed by atoms with Gasteiger partial charge < -0.3 is 5.32 Å². The third-order valence-electron chi connectivity index (χ3n) is 4.27. The lowest BCUT2D eigenvalue weighted by Crippen LogP contribution is -2.42. The van der Waals surface area contributed by atoms with Crippen molar-refractivity contribution in [1.29, 1.82) is 0 Å². The fraction of sp³-hybridized carbons (Fsp3) is 1.00. The highest BCUT2D eigenvalue weighted by molar-refractivity contribution is 4.90. The van der Waals surface area contributed by atoms with E-state index in [4.69, 9.17) is 0 Å². The molecule has 82 valence electrons. The predicted molar refractivity (Wildman–Crippen MR) is 61.4 cm³/mol. The molecule has 2 aliphatic rings. The lowest BCUT2D eigenvalue weighted by Gasteiger charge is -2.30. The standard InChI is InChI=1S/C13H25N/c1-11-9-12(11)10-14-13(2)7-5-3-4-6-8-13/h11-12,14H,3-10H2,1-2H3. The van der Waals surface area contributed by atoms with Crippen molar-refractivity contribution in [2.45, 2.75) is 64.3 Å². The highest BCUT2D eigenvalue weighted by Gasteiger charge is 2.34. The van der Waals surface area contributed by atoms with Gasteiger partial charge in [0.05, 0.1) is 0 Å². The quantitative estimate of drug-likeness (QED) is 0.681. The summed E-state index contributed by atoms with van der Waals surface area (Å²) in [5, 5.41) is 3.83. The average Bonchev–Trinajstić information content (AvgIpc) is 2.88. The first-order valence-electron chi connectivity index (χ1n) is 6.45. The maximum atomic E-state index is 3.83. The Labute approximate surface area is 88.7 Å². The lowest BCUT2D eigenvalue weighted by molar-refractivity contribution is 0.306. The molecule has 1 nitrogen and oxygen atoms in total. The number of hydrogen-bond acceptors (Lipinski definition) is 1. The van der Waals surface area contributed by atoms with Crippen LogP contribution >= 0.6 is 0 Å². The van der Waals surface area contributed by atoms with Crippen LogP contribution in [-0.2, 0) is 0 Å². The molecule has 0 spiro atoms. The van der Waals surface area contributed by atoms with Gasteiger partial charge in [-0.2, -0.15) is 0 Å². The van der Waals surface area contributed by atoms with Crippen LogP contribution in [0.3, 0.4) is 0 Å². The molecule has 2 fully saturated rings. The maximum Gasteiger partial charge on any atom is 0.0153 e. The summed E-state index contributed by atoms with van der Waals surface area (Å²) in [7, 11) is 0. The molecular weight excluding hydrogens is 170 g/mol. The van der Waals surface area contributed by atoms with Crippen LogP contribution in [0.25, 0.3) is 0 Å². The van der Waals surface area contributed by atoms with Crippen molar-refractivity contribution < 1.29 is 0 Å². The second-order valence-electron chi connectivity index (χ2n) is 5.83. The molecular formula is C13H25N. The Hall–Kier alpha value is -0.0400. The molecule has 2 saturated carbocycles. The van der Waals surface area contributed by atoms with E-state index in [0.29, 0.717) is 5.54 Å². The lowest BCUT2D eigenvalue weighted by atomic mass is 9.92. The van der Waals surface area contributed by atoms with Crippen LogP contribution in [0, 0.1) is 11.8 Å². The van der Waals surface area contributed by atoms with Crippen molar-refractivity contribution >= 4 is 0 Å². The largest absolute Gasteiger partial charge is 0.311 e. The first-order chi connectivity index (χ1) is 6.70. The van der Waals surface area contributed by atoms with E-state index in [9.17, 15) is 0 Å². The smallest absolute Gasteiger partial charge is 0.0153 e. The van der Waals surface area contributed by atoms with Gasteiger partial charge in [0.1, 0.15) is 0 Å². The topological polar surface area (TPSA) is 12.0 Å². The molecule has 2 rings (SSSR count). The molecule has 0 aliphatic heterocycles. The van der Waals surface area contributed by atoms with Gasteiger partial charge in [0.15, 0.2) is 0 Å². The molecule has 0 heterocycles. The molecule has 1 heteroatoms. The number of hydrogen-bond donors (Lipinski definition) is 1. The average molecular weight is 195 g/mol. The fourth-order valence-corrected chi connectivity index (χ4v) is 2.75. The Morgan fingerprint density at radius 2 is 1.71 bits per heavy atom. The molecule has 2 atom stereocenters. The summed E-state index contributed by atoms with van der Waals surface area (Å²) >= 11 is 0. The van der Waals surface area contributed by atoms with E-state index < -0.39 is 0 Å². The van der Waals surface area contributed by atoms with Gasteiger partial charge in [0.2, 0.25) is 0 Å². The van der Waals surface area contributed by atoms with Crippen LogP contribution in [0.15, 0.2) is 0 Å². The minimum atomic E-state index is 0.471. The summed E-state index contributed by atoms with van der Waals surface area (Å²) in [5.41, 5.74) is 0.471. The van der Waals surface area contributed by atoms with Gasteiger partial charge in [-0.3, -0.25) is 0 Å². The normalized spacial score (nSPS) is 36.4. The zero-order valence-electron chi connectivity index (χ0n) is 9.81. The zero-order chi connectivity index (χ0) is 10.0. The Morgan fingerprint density at radius 1 is 1.14 bits per heavy atom. The van der Waals surface area contributed by atoms with E-state index in [-0.39, 0.29) is 0 Å². The predicted octanol–water partition coefficient (Wildman–Crippen LogP) is 3.34. The summed E-state index contributed by atoms with van der Waals surface area (Å²) in [6, 6.07) is 0. The Bertz CT molecular complexity index is 180. The van der Waals surface area contributed by atoms with Crippen LogP contribution in [0.4, 0.5) is 0 Å².